The van der Waals surface area contributed by atoms with Crippen molar-refractivity contribution < 1.29 is 13.9 Å². The van der Waals surface area contributed by atoms with Gasteiger partial charge in [-0.2, -0.15) is 0 Å². The highest BCUT2D eigenvalue weighted by Crippen LogP contribution is 2.43. The first-order chi connectivity index (χ1) is 14.6. The predicted molar refractivity (Wildman–Crippen MR) is 114 cm³/mol. The largest absolute Gasteiger partial charge is 0.495 e. The van der Waals surface area contributed by atoms with Crippen LogP contribution >= 0.6 is 0 Å². The Morgan fingerprint density at radius 2 is 1.93 bits per heavy atom. The van der Waals surface area contributed by atoms with Crippen LogP contribution in [-0.2, 0) is 5.54 Å². The molecule has 30 heavy (non-hydrogen) atoms. The molecule has 2 aromatic carbocycles. The van der Waals surface area contributed by atoms with Gasteiger partial charge >= 0.3 is 6.03 Å². The van der Waals surface area contributed by atoms with Crippen LogP contribution in [0.15, 0.2) is 60.8 Å². The number of fused-ring (bicyclic) bond motifs is 4. The number of methoxy groups -OCH3 is 1. The third-order valence-corrected chi connectivity index (χ3v) is 6.08. The molecule has 2 N–H and O–H groups in total. The number of nitrogens with zero attached hydrogens (tertiary/aromatic N) is 2. The molecule has 0 bridgehead atoms. The first-order valence-corrected chi connectivity index (χ1v) is 10.0. The molecule has 2 aliphatic rings. The van der Waals surface area contributed by atoms with Gasteiger partial charge in [-0.3, -0.25) is 0 Å². The van der Waals surface area contributed by atoms with Gasteiger partial charge in [-0.25, -0.2) is 9.18 Å². The number of ether oxygens (including phenoxy) is 1. The second-order valence-electron chi connectivity index (χ2n) is 7.75. The molecule has 154 valence electrons. The molecule has 1 spiro atoms. The maximum absolute atomic E-state index is 13.9. The van der Waals surface area contributed by atoms with Crippen LogP contribution in [-0.4, -0.2) is 35.7 Å². The number of rotatable bonds is 2. The fourth-order valence-corrected chi connectivity index (χ4v) is 4.54. The zero-order chi connectivity index (χ0) is 20.7. The number of amides is 2. The first kappa shape index (κ1) is 18.5. The van der Waals surface area contributed by atoms with Crippen LogP contribution in [0.3, 0.4) is 0 Å². The van der Waals surface area contributed by atoms with Gasteiger partial charge < -0.3 is 24.8 Å². The van der Waals surface area contributed by atoms with Gasteiger partial charge in [-0.05, 0) is 55.3 Å². The van der Waals surface area contributed by atoms with Gasteiger partial charge in [-0.15, -0.1) is 0 Å². The molecule has 3 heterocycles. The molecular formula is C23H23FN4O2. The van der Waals surface area contributed by atoms with Crippen molar-refractivity contribution in [2.45, 2.75) is 18.4 Å². The van der Waals surface area contributed by atoms with Gasteiger partial charge in [0, 0.05) is 25.0 Å². The van der Waals surface area contributed by atoms with E-state index in [9.17, 15) is 9.18 Å². The maximum atomic E-state index is 13.9. The van der Waals surface area contributed by atoms with Crippen LogP contribution in [0, 0.1) is 5.82 Å². The van der Waals surface area contributed by atoms with Gasteiger partial charge in [-0.1, -0.05) is 12.1 Å². The van der Waals surface area contributed by atoms with E-state index in [-0.39, 0.29) is 17.4 Å². The molecular weight excluding hydrogens is 383 g/mol. The van der Waals surface area contributed by atoms with E-state index in [4.69, 9.17) is 4.74 Å². The van der Waals surface area contributed by atoms with Crippen molar-refractivity contribution >= 4 is 17.4 Å². The number of hydrogen-bond acceptors (Lipinski definition) is 3. The highest BCUT2D eigenvalue weighted by atomic mass is 19.1. The van der Waals surface area contributed by atoms with Gasteiger partial charge in [0.1, 0.15) is 11.6 Å². The summed E-state index contributed by atoms with van der Waals surface area (Å²) in [5, 5.41) is 6.53. The Kier molecular flexibility index (Phi) is 4.38. The number of likely N-dealkylation sites (tertiary alicyclic amines) is 1. The number of benzene rings is 2. The van der Waals surface area contributed by atoms with E-state index in [1.165, 1.54) is 6.07 Å². The summed E-state index contributed by atoms with van der Waals surface area (Å²) < 4.78 is 21.3. The summed E-state index contributed by atoms with van der Waals surface area (Å²) in [5.41, 5.74) is 3.20. The molecule has 6 nitrogen and oxygen atoms in total. The molecule has 5 rings (SSSR count). The molecule has 2 amide bonds. The Bertz CT molecular complexity index is 1100. The predicted octanol–water partition coefficient (Wildman–Crippen LogP) is 4.57. The third kappa shape index (κ3) is 2.98. The minimum Gasteiger partial charge on any atom is -0.495 e. The summed E-state index contributed by atoms with van der Waals surface area (Å²) in [4.78, 5) is 14.6. The average Bonchev–Trinajstić information content (AvgIpc) is 3.26. The summed E-state index contributed by atoms with van der Waals surface area (Å²) in [6.45, 7) is 1.17. The lowest BCUT2D eigenvalue weighted by molar-refractivity contribution is 0.174. The number of piperidine rings is 1. The van der Waals surface area contributed by atoms with Gasteiger partial charge in [0.25, 0.3) is 0 Å². The van der Waals surface area contributed by atoms with Crippen molar-refractivity contribution in [1.82, 2.24) is 9.47 Å². The minimum absolute atomic E-state index is 0.146. The van der Waals surface area contributed by atoms with Crippen LogP contribution in [0.1, 0.15) is 18.5 Å². The molecule has 0 atom stereocenters. The van der Waals surface area contributed by atoms with Gasteiger partial charge in [0.2, 0.25) is 0 Å². The normalized spacial score (nSPS) is 16.4. The lowest BCUT2D eigenvalue weighted by Crippen LogP contribution is -2.51. The van der Waals surface area contributed by atoms with Crippen LogP contribution in [0.25, 0.3) is 5.69 Å². The number of carbonyl (C=O) groups excluding carboxylic acids is 1. The van der Waals surface area contributed by atoms with Crippen LogP contribution < -0.4 is 15.4 Å². The lowest BCUT2D eigenvalue weighted by atomic mass is 9.82. The molecule has 0 saturated carbocycles. The quantitative estimate of drug-likeness (QED) is 0.655. The summed E-state index contributed by atoms with van der Waals surface area (Å²) in [7, 11) is 1.58. The van der Waals surface area contributed by atoms with E-state index >= 15 is 0 Å². The molecule has 3 aromatic rings. The summed E-state index contributed by atoms with van der Waals surface area (Å²) in [5.74, 6) is 0.366. The van der Waals surface area contributed by atoms with Crippen LogP contribution in [0.4, 0.5) is 20.6 Å². The monoisotopic (exact) mass is 406 g/mol. The van der Waals surface area contributed by atoms with Crippen molar-refractivity contribution in [3.05, 3.63) is 72.3 Å². The van der Waals surface area contributed by atoms with Crippen LogP contribution in [0.2, 0.25) is 0 Å². The summed E-state index contributed by atoms with van der Waals surface area (Å²) >= 11 is 0. The molecule has 1 fully saturated rings. The van der Waals surface area contributed by atoms with Crippen molar-refractivity contribution in [2.24, 2.45) is 0 Å². The second-order valence-corrected chi connectivity index (χ2v) is 7.75. The average molecular weight is 406 g/mol. The zero-order valence-corrected chi connectivity index (χ0v) is 16.7. The first-order valence-electron chi connectivity index (χ1n) is 10.0. The second kappa shape index (κ2) is 7.09. The molecule has 0 aliphatic carbocycles. The number of anilines is 2. The van der Waals surface area contributed by atoms with Gasteiger partial charge in [0.05, 0.1) is 29.7 Å². The standard InChI is InChI=1S/C23H23FN4O2/c1-30-20-6-3-2-5-17(20)25-22(29)27-13-10-23(11-14-27)21-7-4-12-28(21)19-9-8-16(24)15-18(19)26-23/h2-9,12,15,26H,10-11,13-14H2,1H3,(H,25,29). The molecule has 1 aromatic heterocycles. The molecule has 2 aliphatic heterocycles. The van der Waals surface area contributed by atoms with E-state index in [1.54, 1.807) is 19.2 Å². The van der Waals surface area contributed by atoms with E-state index in [0.717, 1.165) is 29.9 Å². The fraction of sp³-hybridized carbons (Fsp3) is 0.261. The Hall–Kier alpha value is -3.48. The van der Waals surface area contributed by atoms with Crippen molar-refractivity contribution in [3.63, 3.8) is 0 Å². The summed E-state index contributed by atoms with van der Waals surface area (Å²) in [6, 6.07) is 16.1. The summed E-state index contributed by atoms with van der Waals surface area (Å²) in [6.07, 6.45) is 3.47. The molecule has 0 radical (unpaired) electrons. The number of hydrogen-bond donors (Lipinski definition) is 2. The molecule has 0 unspecified atom stereocenters. The van der Waals surface area contributed by atoms with Crippen LogP contribution in [0.5, 0.6) is 5.75 Å². The number of halogens is 1. The smallest absolute Gasteiger partial charge is 0.321 e. The Morgan fingerprint density at radius 1 is 1.13 bits per heavy atom. The van der Waals surface area contributed by atoms with E-state index in [2.05, 4.69) is 21.3 Å². The van der Waals surface area contributed by atoms with Crippen molar-refractivity contribution in [1.29, 1.82) is 0 Å². The number of urea groups is 1. The number of aromatic nitrogens is 1. The SMILES string of the molecule is COc1ccccc1NC(=O)N1CCC2(CC1)Nc1cc(F)ccc1-n1cccc12. The fourth-order valence-electron chi connectivity index (χ4n) is 4.54. The number of nitrogens with one attached hydrogen (secondary N) is 2. The van der Waals surface area contributed by atoms with Crippen molar-refractivity contribution in [3.8, 4) is 11.4 Å². The third-order valence-electron chi connectivity index (χ3n) is 6.08. The van der Waals surface area contributed by atoms with Crippen molar-refractivity contribution in [2.75, 3.05) is 30.8 Å². The Labute approximate surface area is 174 Å². The molecule has 1 saturated heterocycles. The topological polar surface area (TPSA) is 58.5 Å². The Balaban J connectivity index is 1.35. The number of para-hydroxylation sites is 2. The lowest BCUT2D eigenvalue weighted by Gasteiger charge is -2.46. The number of carbonyl (C=O) groups is 1. The van der Waals surface area contributed by atoms with E-state index < -0.39 is 0 Å². The highest BCUT2D eigenvalue weighted by Gasteiger charge is 2.42. The Morgan fingerprint density at radius 3 is 2.73 bits per heavy atom. The highest BCUT2D eigenvalue weighted by molar-refractivity contribution is 5.91. The maximum Gasteiger partial charge on any atom is 0.321 e. The minimum atomic E-state index is -0.328. The zero-order valence-electron chi connectivity index (χ0n) is 16.7. The van der Waals surface area contributed by atoms with E-state index in [0.29, 0.717) is 24.5 Å². The van der Waals surface area contributed by atoms with Gasteiger partial charge in [0.15, 0.2) is 0 Å². The molecule has 7 heteroatoms. The van der Waals surface area contributed by atoms with E-state index in [1.807, 2.05) is 41.4 Å².